The third-order valence-corrected chi connectivity index (χ3v) is 4.41. The summed E-state index contributed by atoms with van der Waals surface area (Å²) in [5.41, 5.74) is 0.737. The van der Waals surface area contributed by atoms with E-state index >= 15 is 0 Å². The fraction of sp³-hybridized carbons (Fsp3) is 0.333. The number of hydrogen-bond acceptors (Lipinski definition) is 4. The molecule has 1 aromatic carbocycles. The molecular formula is C12H15O6PS. The maximum atomic E-state index is 11.0. The van der Waals surface area contributed by atoms with Crippen molar-refractivity contribution in [2.45, 2.75) is 25.1 Å². The van der Waals surface area contributed by atoms with E-state index in [1.165, 1.54) is 0 Å². The smallest absolute Gasteiger partial charge is 0.333 e. The van der Waals surface area contributed by atoms with Crippen LogP contribution in [0.3, 0.4) is 0 Å². The summed E-state index contributed by atoms with van der Waals surface area (Å²) in [4.78, 5) is 31.5. The molecule has 2 atom stereocenters. The molecule has 0 saturated carbocycles. The molecule has 20 heavy (non-hydrogen) atoms. The number of hydrogen-bond donors (Lipinski definition) is 3. The van der Waals surface area contributed by atoms with Gasteiger partial charge in [0, 0.05) is 12.6 Å². The lowest BCUT2D eigenvalue weighted by molar-refractivity contribution is -0.146. The Kier molecular flexibility index (Phi) is 6.29. The topological polar surface area (TPSA) is 104 Å². The Morgan fingerprint density at radius 3 is 2.35 bits per heavy atom. The molecule has 3 N–H and O–H groups in total. The lowest BCUT2D eigenvalue weighted by Gasteiger charge is -2.20. The van der Waals surface area contributed by atoms with Gasteiger partial charge in [-0.1, -0.05) is 30.3 Å². The summed E-state index contributed by atoms with van der Waals surface area (Å²) in [6.07, 6.45) is -1.97. The van der Waals surface area contributed by atoms with Crippen LogP contribution >= 0.6 is 6.49 Å². The van der Waals surface area contributed by atoms with Crippen LogP contribution in [0.25, 0.3) is 0 Å². The van der Waals surface area contributed by atoms with E-state index in [-0.39, 0.29) is 19.0 Å². The molecule has 0 spiro atoms. The third-order valence-electron chi connectivity index (χ3n) is 2.41. The molecule has 0 aromatic heterocycles. The molecule has 8 heteroatoms. The summed E-state index contributed by atoms with van der Waals surface area (Å²) >= 11 is 4.93. The van der Waals surface area contributed by atoms with E-state index in [9.17, 15) is 14.5 Å². The van der Waals surface area contributed by atoms with Crippen LogP contribution in [0.2, 0.25) is 0 Å². The highest BCUT2D eigenvalue weighted by molar-refractivity contribution is 8.09. The van der Waals surface area contributed by atoms with Crippen molar-refractivity contribution in [1.82, 2.24) is 0 Å². The normalized spacial score (nSPS) is 15.2. The first-order chi connectivity index (χ1) is 9.30. The van der Waals surface area contributed by atoms with Gasteiger partial charge in [0.05, 0.1) is 0 Å². The Morgan fingerprint density at radius 1 is 1.25 bits per heavy atom. The molecule has 0 amide bonds. The molecule has 0 aliphatic rings. The second kappa shape index (κ2) is 7.50. The molecule has 2 unspecified atom stereocenters. The Morgan fingerprint density at radius 2 is 1.85 bits per heavy atom. The Hall–Kier alpha value is -1.27. The van der Waals surface area contributed by atoms with Crippen LogP contribution in [0.4, 0.5) is 0 Å². The molecule has 1 aromatic rings. The van der Waals surface area contributed by atoms with Crippen LogP contribution in [-0.2, 0) is 32.1 Å². The second-order valence-corrected chi connectivity index (χ2v) is 7.66. The second-order valence-electron chi connectivity index (χ2n) is 4.15. The van der Waals surface area contributed by atoms with Crippen molar-refractivity contribution in [2.75, 3.05) is 0 Å². The molecule has 0 bridgehead atoms. The van der Waals surface area contributed by atoms with Gasteiger partial charge < -0.3 is 19.6 Å². The van der Waals surface area contributed by atoms with Crippen molar-refractivity contribution >= 4 is 30.2 Å². The highest BCUT2D eigenvalue weighted by Gasteiger charge is 2.27. The van der Waals surface area contributed by atoms with E-state index in [0.717, 1.165) is 5.56 Å². The summed E-state index contributed by atoms with van der Waals surface area (Å²) in [5.74, 6) is -2.46. The summed E-state index contributed by atoms with van der Waals surface area (Å²) in [7, 11) is 0. The molecule has 110 valence electrons. The quantitative estimate of drug-likeness (QED) is 0.628. The number of rotatable bonds is 8. The van der Waals surface area contributed by atoms with Gasteiger partial charge in [0.25, 0.3) is 0 Å². The van der Waals surface area contributed by atoms with Gasteiger partial charge in [0.1, 0.15) is 0 Å². The highest BCUT2D eigenvalue weighted by atomic mass is 32.5. The van der Waals surface area contributed by atoms with Gasteiger partial charge in [-0.05, 0) is 23.8 Å². The monoisotopic (exact) mass is 318 g/mol. The van der Waals surface area contributed by atoms with Gasteiger partial charge in [-0.2, -0.15) is 0 Å². The molecule has 0 radical (unpaired) electrons. The number of carboxylic acid groups (broad SMARTS) is 2. The van der Waals surface area contributed by atoms with Crippen molar-refractivity contribution in [3.05, 3.63) is 35.9 Å². The fourth-order valence-corrected chi connectivity index (χ4v) is 3.62. The molecule has 0 aliphatic heterocycles. The first kappa shape index (κ1) is 16.8. The average Bonchev–Trinajstić information content (AvgIpc) is 2.34. The minimum Gasteiger partial charge on any atom is -0.481 e. The minimum absolute atomic E-state index is 0.0417. The zero-order valence-electron chi connectivity index (χ0n) is 10.5. The van der Waals surface area contributed by atoms with E-state index in [1.54, 1.807) is 30.3 Å². The number of carbonyl (C=O) groups is 2. The van der Waals surface area contributed by atoms with Crippen molar-refractivity contribution in [1.29, 1.82) is 0 Å². The van der Waals surface area contributed by atoms with Crippen molar-refractivity contribution < 1.29 is 29.2 Å². The lowest BCUT2D eigenvalue weighted by Crippen LogP contribution is -2.24. The van der Waals surface area contributed by atoms with Gasteiger partial charge in [-0.25, -0.2) is 4.79 Å². The van der Waals surface area contributed by atoms with E-state index < -0.39 is 24.5 Å². The van der Waals surface area contributed by atoms with Gasteiger partial charge in [-0.3, -0.25) is 4.79 Å². The van der Waals surface area contributed by atoms with Crippen LogP contribution in [0.1, 0.15) is 18.4 Å². The van der Waals surface area contributed by atoms with Crippen molar-refractivity contribution in [3.63, 3.8) is 0 Å². The molecule has 0 aliphatic carbocycles. The maximum absolute atomic E-state index is 11.0. The average molecular weight is 318 g/mol. The molecule has 0 saturated heterocycles. The predicted molar refractivity (Wildman–Crippen MR) is 76.0 cm³/mol. The Bertz CT molecular complexity index is 518. The fourth-order valence-electron chi connectivity index (χ4n) is 1.53. The standard InChI is InChI=1S/C12H15O6PS/c13-11(14)7-6-10(12(15)16)18-19(17,20)8-9-4-2-1-3-5-9/h1-5,10H,6-8H2,(H,13,14)(H,15,16)(H,17,20). The third kappa shape index (κ3) is 6.25. The Labute approximate surface area is 121 Å². The predicted octanol–water partition coefficient (Wildman–Crippen LogP) is 1.82. The number of benzene rings is 1. The van der Waals surface area contributed by atoms with Gasteiger partial charge in [0.15, 0.2) is 12.6 Å². The van der Waals surface area contributed by atoms with E-state index in [1.807, 2.05) is 0 Å². The van der Waals surface area contributed by atoms with Gasteiger partial charge in [-0.15, -0.1) is 0 Å². The first-order valence-corrected chi connectivity index (χ1v) is 8.65. The van der Waals surface area contributed by atoms with E-state index in [2.05, 4.69) is 0 Å². The van der Waals surface area contributed by atoms with Crippen LogP contribution < -0.4 is 0 Å². The summed E-state index contributed by atoms with van der Waals surface area (Å²) in [5, 5.41) is 17.5. The molecule has 0 fully saturated rings. The lowest BCUT2D eigenvalue weighted by atomic mass is 10.2. The van der Waals surface area contributed by atoms with Gasteiger partial charge >= 0.3 is 11.9 Å². The van der Waals surface area contributed by atoms with E-state index in [4.69, 9.17) is 26.5 Å². The van der Waals surface area contributed by atoms with Crippen LogP contribution in [0, 0.1) is 0 Å². The molecule has 6 nitrogen and oxygen atoms in total. The first-order valence-electron chi connectivity index (χ1n) is 5.79. The van der Waals surface area contributed by atoms with E-state index in [0.29, 0.717) is 0 Å². The van der Waals surface area contributed by atoms with Crippen LogP contribution in [0.5, 0.6) is 0 Å². The minimum atomic E-state index is -3.32. The van der Waals surface area contributed by atoms with Crippen molar-refractivity contribution in [2.24, 2.45) is 0 Å². The van der Waals surface area contributed by atoms with Crippen LogP contribution in [0.15, 0.2) is 30.3 Å². The molecule has 0 heterocycles. The SMILES string of the molecule is O=C(O)CCC(OP(O)(=S)Cc1ccccc1)C(=O)O. The number of aliphatic carboxylic acids is 2. The highest BCUT2D eigenvalue weighted by Crippen LogP contribution is 2.47. The zero-order chi connectivity index (χ0) is 15.2. The van der Waals surface area contributed by atoms with Gasteiger partial charge in [0.2, 0.25) is 0 Å². The molecule has 1 rings (SSSR count). The number of carboxylic acids is 2. The van der Waals surface area contributed by atoms with Crippen molar-refractivity contribution in [3.8, 4) is 0 Å². The summed E-state index contributed by atoms with van der Waals surface area (Å²) in [6, 6.07) is 8.83. The summed E-state index contributed by atoms with van der Waals surface area (Å²) in [6.45, 7) is -3.32. The Balaban J connectivity index is 2.68. The largest absolute Gasteiger partial charge is 0.481 e. The van der Waals surface area contributed by atoms with Crippen LogP contribution in [-0.4, -0.2) is 33.1 Å². The zero-order valence-corrected chi connectivity index (χ0v) is 12.2. The maximum Gasteiger partial charge on any atom is 0.333 e. The summed E-state index contributed by atoms with van der Waals surface area (Å²) < 4.78 is 5.07. The molecular weight excluding hydrogens is 303 g/mol.